The van der Waals surface area contributed by atoms with Gasteiger partial charge >= 0.3 is 0 Å². The van der Waals surface area contributed by atoms with Gasteiger partial charge < -0.3 is 4.90 Å². The lowest BCUT2D eigenvalue weighted by Gasteiger charge is -2.18. The Morgan fingerprint density at radius 1 is 1.00 bits per heavy atom. The maximum Gasteiger partial charge on any atom is 0.253 e. The van der Waals surface area contributed by atoms with Crippen molar-refractivity contribution in [1.29, 1.82) is 0 Å². The molecule has 5 heteroatoms. The average Bonchev–Trinajstić information content (AvgIpc) is 3.21. The topological polar surface area (TPSA) is 57.7 Å². The molecule has 0 spiro atoms. The monoisotopic (exact) mass is 310 g/mol. The Labute approximate surface area is 134 Å². The van der Waals surface area contributed by atoms with Crippen LogP contribution in [0, 0.1) is 23.7 Å². The third-order valence-corrected chi connectivity index (χ3v) is 5.25. The number of hydrogen-bond donors (Lipinski definition) is 0. The first kappa shape index (κ1) is 14.2. The predicted molar refractivity (Wildman–Crippen MR) is 84.7 cm³/mol. The molecule has 1 aromatic rings. The van der Waals surface area contributed by atoms with Gasteiger partial charge in [-0.05, 0) is 42.5 Å². The van der Waals surface area contributed by atoms with Crippen molar-refractivity contribution >= 4 is 23.4 Å². The molecule has 3 amide bonds. The van der Waals surface area contributed by atoms with Gasteiger partial charge in [-0.25, -0.2) is 0 Å². The number of rotatable bonds is 2. The molecule has 4 rings (SSSR count). The molecule has 1 saturated heterocycles. The summed E-state index contributed by atoms with van der Waals surface area (Å²) in [6, 6.07) is 6.70. The summed E-state index contributed by atoms with van der Waals surface area (Å²) >= 11 is 0. The molecule has 2 bridgehead atoms. The van der Waals surface area contributed by atoms with E-state index in [-0.39, 0.29) is 41.4 Å². The summed E-state index contributed by atoms with van der Waals surface area (Å²) in [5.41, 5.74) is 1.10. The molecular weight excluding hydrogens is 292 g/mol. The second-order valence-corrected chi connectivity index (χ2v) is 6.76. The molecule has 1 aliphatic heterocycles. The van der Waals surface area contributed by atoms with Crippen LogP contribution in [0.15, 0.2) is 36.4 Å². The van der Waals surface area contributed by atoms with Crippen molar-refractivity contribution in [2.24, 2.45) is 23.7 Å². The van der Waals surface area contributed by atoms with Crippen molar-refractivity contribution in [2.45, 2.75) is 6.42 Å². The zero-order valence-corrected chi connectivity index (χ0v) is 13.1. The highest BCUT2D eigenvalue weighted by Crippen LogP contribution is 2.53. The number of anilines is 1. The minimum Gasteiger partial charge on any atom is -0.345 e. The number of hydrogen-bond acceptors (Lipinski definition) is 3. The summed E-state index contributed by atoms with van der Waals surface area (Å²) in [4.78, 5) is 40.2. The third-order valence-electron chi connectivity index (χ3n) is 5.25. The highest BCUT2D eigenvalue weighted by molar-refractivity contribution is 6.22. The molecule has 118 valence electrons. The van der Waals surface area contributed by atoms with E-state index in [1.807, 2.05) is 0 Å². The molecule has 0 unspecified atom stereocenters. The normalized spacial score (nSPS) is 31.0. The fourth-order valence-corrected chi connectivity index (χ4v) is 4.17. The Balaban J connectivity index is 1.63. The summed E-state index contributed by atoms with van der Waals surface area (Å²) < 4.78 is 0. The van der Waals surface area contributed by atoms with Crippen LogP contribution in [0.25, 0.3) is 0 Å². The van der Waals surface area contributed by atoms with E-state index in [1.165, 1.54) is 9.80 Å². The van der Waals surface area contributed by atoms with Gasteiger partial charge in [0, 0.05) is 19.7 Å². The minimum absolute atomic E-state index is 0.0939. The molecule has 2 aliphatic carbocycles. The first-order valence-electron chi connectivity index (χ1n) is 7.87. The van der Waals surface area contributed by atoms with E-state index in [2.05, 4.69) is 12.2 Å². The van der Waals surface area contributed by atoms with Gasteiger partial charge in [-0.1, -0.05) is 12.2 Å². The molecule has 1 heterocycles. The van der Waals surface area contributed by atoms with Crippen LogP contribution in [-0.2, 0) is 9.59 Å². The van der Waals surface area contributed by atoms with Gasteiger partial charge in [0.25, 0.3) is 5.91 Å². The molecule has 1 saturated carbocycles. The van der Waals surface area contributed by atoms with Crippen molar-refractivity contribution in [3.8, 4) is 0 Å². The van der Waals surface area contributed by atoms with Crippen LogP contribution in [-0.4, -0.2) is 36.7 Å². The lowest BCUT2D eigenvalue weighted by Crippen LogP contribution is -2.32. The van der Waals surface area contributed by atoms with Gasteiger partial charge in [0.1, 0.15) is 0 Å². The molecule has 4 atom stereocenters. The summed E-state index contributed by atoms with van der Waals surface area (Å²) in [5.74, 6) is -0.259. The highest BCUT2D eigenvalue weighted by Gasteiger charge is 2.59. The van der Waals surface area contributed by atoms with Gasteiger partial charge in [0.05, 0.1) is 17.5 Å². The number of nitrogens with zero attached hydrogens (tertiary/aromatic N) is 2. The zero-order chi connectivity index (χ0) is 16.3. The highest BCUT2D eigenvalue weighted by atomic mass is 16.2. The number of amides is 3. The van der Waals surface area contributed by atoms with E-state index in [4.69, 9.17) is 0 Å². The van der Waals surface area contributed by atoms with Crippen LogP contribution < -0.4 is 4.90 Å². The summed E-state index contributed by atoms with van der Waals surface area (Å²) in [5, 5.41) is 0. The van der Waals surface area contributed by atoms with Crippen molar-refractivity contribution in [3.05, 3.63) is 42.0 Å². The van der Waals surface area contributed by atoms with E-state index < -0.39 is 0 Å². The second-order valence-electron chi connectivity index (χ2n) is 6.76. The quantitative estimate of drug-likeness (QED) is 0.617. The molecule has 0 N–H and O–H groups in total. The smallest absolute Gasteiger partial charge is 0.253 e. The zero-order valence-electron chi connectivity index (χ0n) is 13.1. The van der Waals surface area contributed by atoms with Crippen molar-refractivity contribution < 1.29 is 14.4 Å². The van der Waals surface area contributed by atoms with E-state index in [0.717, 1.165) is 6.42 Å². The fourth-order valence-electron chi connectivity index (χ4n) is 4.17. The number of carbonyl (C=O) groups excluding carboxylic acids is 3. The number of allylic oxidation sites excluding steroid dienone is 2. The van der Waals surface area contributed by atoms with Crippen molar-refractivity contribution in [1.82, 2.24) is 4.90 Å². The maximum absolute atomic E-state index is 12.7. The fraction of sp³-hybridized carbons (Fsp3) is 0.389. The Morgan fingerprint density at radius 3 is 2.00 bits per heavy atom. The Hall–Kier alpha value is -2.43. The molecular formula is C18H18N2O3. The van der Waals surface area contributed by atoms with E-state index in [0.29, 0.717) is 11.3 Å². The Bertz CT molecular complexity index is 705. The van der Waals surface area contributed by atoms with E-state index in [9.17, 15) is 14.4 Å². The van der Waals surface area contributed by atoms with E-state index >= 15 is 0 Å². The van der Waals surface area contributed by atoms with Crippen molar-refractivity contribution in [2.75, 3.05) is 19.0 Å². The molecule has 5 nitrogen and oxygen atoms in total. The Morgan fingerprint density at radius 2 is 1.52 bits per heavy atom. The lowest BCUT2D eigenvalue weighted by molar-refractivity contribution is -0.123. The summed E-state index contributed by atoms with van der Waals surface area (Å²) in [7, 11) is 3.38. The molecule has 0 radical (unpaired) electrons. The van der Waals surface area contributed by atoms with Crippen LogP contribution >= 0.6 is 0 Å². The second kappa shape index (κ2) is 4.78. The van der Waals surface area contributed by atoms with Gasteiger partial charge in [-0.2, -0.15) is 0 Å². The molecule has 3 aliphatic rings. The SMILES string of the molecule is CN(C)C(=O)c1ccc(N2C(=O)[C@@H]3[C@@H](C2=O)[C@H]2C=C[C@H]3C2)cc1. The van der Waals surface area contributed by atoms with Crippen LogP contribution in [0.2, 0.25) is 0 Å². The summed E-state index contributed by atoms with van der Waals surface area (Å²) in [6.45, 7) is 0. The predicted octanol–water partition coefficient (Wildman–Crippen LogP) is 1.70. The van der Waals surface area contributed by atoms with Gasteiger partial charge in [-0.15, -0.1) is 0 Å². The number of benzene rings is 1. The third kappa shape index (κ3) is 1.89. The minimum atomic E-state index is -0.194. The van der Waals surface area contributed by atoms with Crippen molar-refractivity contribution in [3.63, 3.8) is 0 Å². The first-order chi connectivity index (χ1) is 11.0. The van der Waals surface area contributed by atoms with Gasteiger partial charge in [0.2, 0.25) is 11.8 Å². The molecule has 23 heavy (non-hydrogen) atoms. The van der Waals surface area contributed by atoms with Gasteiger partial charge in [0.15, 0.2) is 0 Å². The number of carbonyl (C=O) groups is 3. The largest absolute Gasteiger partial charge is 0.345 e. The lowest BCUT2D eigenvalue weighted by atomic mass is 9.85. The number of imide groups is 1. The summed E-state index contributed by atoms with van der Waals surface area (Å²) in [6.07, 6.45) is 5.09. The Kier molecular flexibility index (Phi) is 2.95. The average molecular weight is 310 g/mol. The molecule has 2 fully saturated rings. The standard InChI is InChI=1S/C18H18N2O3/c1-19(2)16(21)10-5-7-13(8-6-10)20-17(22)14-11-3-4-12(9-11)15(14)18(20)23/h3-8,11-12,14-15H,9H2,1-2H3/t11-,12-,14-,15-/m0/s1. The molecule has 0 aromatic heterocycles. The maximum atomic E-state index is 12.7. The number of fused-ring (bicyclic) bond motifs is 5. The van der Waals surface area contributed by atoms with Crippen LogP contribution in [0.5, 0.6) is 0 Å². The van der Waals surface area contributed by atoms with Crippen LogP contribution in [0.3, 0.4) is 0 Å². The van der Waals surface area contributed by atoms with Crippen LogP contribution in [0.4, 0.5) is 5.69 Å². The van der Waals surface area contributed by atoms with Gasteiger partial charge in [-0.3, -0.25) is 19.3 Å². The van der Waals surface area contributed by atoms with Crippen LogP contribution in [0.1, 0.15) is 16.8 Å². The first-order valence-corrected chi connectivity index (χ1v) is 7.87. The molecule has 1 aromatic carbocycles. The van der Waals surface area contributed by atoms with E-state index in [1.54, 1.807) is 38.4 Å².